The number of piperidine rings is 1. The van der Waals surface area contributed by atoms with E-state index in [0.717, 1.165) is 50.3 Å². The average Bonchev–Trinajstić information content (AvgIpc) is 2.56. The lowest BCUT2D eigenvalue weighted by atomic mass is 9.80. The van der Waals surface area contributed by atoms with Crippen molar-refractivity contribution in [3.8, 4) is 0 Å². The van der Waals surface area contributed by atoms with Crippen LogP contribution >= 0.6 is 0 Å². The Morgan fingerprint density at radius 1 is 1.23 bits per heavy atom. The van der Waals surface area contributed by atoms with Gasteiger partial charge in [-0.25, -0.2) is 0 Å². The van der Waals surface area contributed by atoms with Crippen molar-refractivity contribution in [3.05, 3.63) is 0 Å². The van der Waals surface area contributed by atoms with Crippen LogP contribution in [0.15, 0.2) is 4.99 Å². The summed E-state index contributed by atoms with van der Waals surface area (Å²) in [6.07, 6.45) is 7.14. The van der Waals surface area contributed by atoms with Gasteiger partial charge >= 0.3 is 5.97 Å². The van der Waals surface area contributed by atoms with Gasteiger partial charge in [0, 0.05) is 26.7 Å². The summed E-state index contributed by atoms with van der Waals surface area (Å²) >= 11 is 0. The van der Waals surface area contributed by atoms with Crippen molar-refractivity contribution in [2.45, 2.75) is 45.4 Å². The summed E-state index contributed by atoms with van der Waals surface area (Å²) in [5.74, 6) is 2.54. The van der Waals surface area contributed by atoms with Crippen LogP contribution < -0.4 is 5.32 Å². The SMILES string of the molecule is CN=C(NCC1CCCCC1C)N1CCC(C(=O)OC)CC1. The lowest BCUT2D eigenvalue weighted by Gasteiger charge is -2.35. The molecule has 2 unspecified atom stereocenters. The normalized spacial score (nSPS) is 27.6. The highest BCUT2D eigenvalue weighted by atomic mass is 16.5. The Morgan fingerprint density at radius 3 is 2.50 bits per heavy atom. The van der Waals surface area contributed by atoms with E-state index in [1.165, 1.54) is 32.8 Å². The minimum atomic E-state index is -0.0707. The van der Waals surface area contributed by atoms with Gasteiger partial charge in [-0.15, -0.1) is 0 Å². The number of nitrogens with zero attached hydrogens (tertiary/aromatic N) is 2. The van der Waals surface area contributed by atoms with Crippen molar-refractivity contribution in [3.63, 3.8) is 0 Å². The molecule has 5 nitrogen and oxygen atoms in total. The predicted molar refractivity (Wildman–Crippen MR) is 88.8 cm³/mol. The molecule has 5 heteroatoms. The third kappa shape index (κ3) is 4.37. The number of aliphatic imine (C=N–C) groups is 1. The number of hydrogen-bond donors (Lipinski definition) is 1. The fourth-order valence-corrected chi connectivity index (χ4v) is 3.74. The van der Waals surface area contributed by atoms with E-state index < -0.39 is 0 Å². The number of guanidine groups is 1. The summed E-state index contributed by atoms with van der Waals surface area (Å²) in [7, 11) is 3.32. The van der Waals surface area contributed by atoms with Crippen LogP contribution in [0.25, 0.3) is 0 Å². The minimum Gasteiger partial charge on any atom is -0.469 e. The smallest absolute Gasteiger partial charge is 0.308 e. The van der Waals surface area contributed by atoms with Crippen molar-refractivity contribution in [1.82, 2.24) is 10.2 Å². The lowest BCUT2D eigenvalue weighted by Crippen LogP contribution is -2.48. The number of nitrogens with one attached hydrogen (secondary N) is 1. The van der Waals surface area contributed by atoms with Crippen LogP contribution in [0, 0.1) is 17.8 Å². The monoisotopic (exact) mass is 309 g/mol. The van der Waals surface area contributed by atoms with Crippen molar-refractivity contribution < 1.29 is 9.53 Å². The number of carbonyl (C=O) groups excluding carboxylic acids is 1. The second-order valence-corrected chi connectivity index (χ2v) is 6.73. The molecule has 0 bridgehead atoms. The van der Waals surface area contributed by atoms with E-state index in [-0.39, 0.29) is 11.9 Å². The third-order valence-electron chi connectivity index (χ3n) is 5.35. The van der Waals surface area contributed by atoms with E-state index in [9.17, 15) is 4.79 Å². The molecule has 2 aliphatic rings. The number of ether oxygens (including phenoxy) is 1. The van der Waals surface area contributed by atoms with E-state index in [4.69, 9.17) is 4.74 Å². The predicted octanol–water partition coefficient (Wildman–Crippen LogP) is 2.27. The molecular weight excluding hydrogens is 278 g/mol. The molecule has 0 amide bonds. The number of methoxy groups -OCH3 is 1. The van der Waals surface area contributed by atoms with Gasteiger partial charge in [-0.3, -0.25) is 9.79 Å². The van der Waals surface area contributed by atoms with Gasteiger partial charge in [0.25, 0.3) is 0 Å². The molecule has 1 saturated carbocycles. The molecule has 2 atom stereocenters. The molecule has 1 N–H and O–H groups in total. The van der Waals surface area contributed by atoms with Crippen LogP contribution in [0.2, 0.25) is 0 Å². The minimum absolute atomic E-state index is 0.0534. The fraction of sp³-hybridized carbons (Fsp3) is 0.882. The van der Waals surface area contributed by atoms with Crippen molar-refractivity contribution in [2.24, 2.45) is 22.7 Å². The summed E-state index contributed by atoms with van der Waals surface area (Å²) in [4.78, 5) is 18.3. The quantitative estimate of drug-likeness (QED) is 0.494. The van der Waals surface area contributed by atoms with Gasteiger partial charge in [-0.1, -0.05) is 26.2 Å². The maximum Gasteiger partial charge on any atom is 0.308 e. The molecule has 1 heterocycles. The molecule has 0 radical (unpaired) electrons. The Bertz CT molecular complexity index is 389. The van der Waals surface area contributed by atoms with E-state index in [0.29, 0.717) is 0 Å². The first-order valence-electron chi connectivity index (χ1n) is 8.69. The van der Waals surface area contributed by atoms with E-state index >= 15 is 0 Å². The second kappa shape index (κ2) is 8.39. The topological polar surface area (TPSA) is 53.9 Å². The molecule has 1 aliphatic heterocycles. The Balaban J connectivity index is 1.79. The van der Waals surface area contributed by atoms with Gasteiger partial charge in [0.05, 0.1) is 13.0 Å². The standard InChI is InChI=1S/C17H31N3O2/c1-13-6-4-5-7-15(13)12-19-17(18-2)20-10-8-14(9-11-20)16(21)22-3/h13-15H,4-12H2,1-3H3,(H,18,19). The molecule has 2 rings (SSSR count). The highest BCUT2D eigenvalue weighted by Crippen LogP contribution is 2.29. The zero-order chi connectivity index (χ0) is 15.9. The first-order valence-corrected chi connectivity index (χ1v) is 8.69. The van der Waals surface area contributed by atoms with E-state index in [2.05, 4.69) is 22.1 Å². The zero-order valence-corrected chi connectivity index (χ0v) is 14.3. The Labute approximate surface area is 134 Å². The van der Waals surface area contributed by atoms with E-state index in [1.807, 2.05) is 7.05 Å². The molecule has 2 fully saturated rings. The number of esters is 1. The molecule has 1 aliphatic carbocycles. The summed E-state index contributed by atoms with van der Waals surface area (Å²) < 4.78 is 4.85. The number of carbonyl (C=O) groups is 1. The van der Waals surface area contributed by atoms with E-state index in [1.54, 1.807) is 0 Å². The molecule has 0 aromatic carbocycles. The summed E-state index contributed by atoms with van der Waals surface area (Å²) in [6.45, 7) is 5.14. The van der Waals surface area contributed by atoms with Crippen LogP contribution in [-0.4, -0.2) is 50.6 Å². The van der Waals surface area contributed by atoms with Crippen LogP contribution in [0.5, 0.6) is 0 Å². The lowest BCUT2D eigenvalue weighted by molar-refractivity contribution is -0.146. The summed E-state index contributed by atoms with van der Waals surface area (Å²) in [6, 6.07) is 0. The van der Waals surface area contributed by atoms with Crippen molar-refractivity contribution >= 4 is 11.9 Å². The molecule has 126 valence electrons. The second-order valence-electron chi connectivity index (χ2n) is 6.73. The van der Waals surface area contributed by atoms with Gasteiger partial charge in [-0.2, -0.15) is 0 Å². The maximum absolute atomic E-state index is 11.6. The highest BCUT2D eigenvalue weighted by molar-refractivity contribution is 5.80. The summed E-state index contributed by atoms with van der Waals surface area (Å²) in [5.41, 5.74) is 0. The molecule has 22 heavy (non-hydrogen) atoms. The third-order valence-corrected chi connectivity index (χ3v) is 5.35. The molecular formula is C17H31N3O2. The van der Waals surface area contributed by atoms with Gasteiger partial charge in [-0.05, 0) is 31.1 Å². The van der Waals surface area contributed by atoms with Gasteiger partial charge in [0.2, 0.25) is 0 Å². The first kappa shape index (κ1) is 17.1. The van der Waals surface area contributed by atoms with Crippen LogP contribution in [-0.2, 0) is 9.53 Å². The van der Waals surface area contributed by atoms with Crippen molar-refractivity contribution in [1.29, 1.82) is 0 Å². The number of rotatable bonds is 3. The van der Waals surface area contributed by atoms with Gasteiger partial charge in [0.1, 0.15) is 0 Å². The average molecular weight is 309 g/mol. The molecule has 0 aromatic heterocycles. The summed E-state index contributed by atoms with van der Waals surface area (Å²) in [5, 5.41) is 3.56. The van der Waals surface area contributed by atoms with Crippen LogP contribution in [0.4, 0.5) is 0 Å². The zero-order valence-electron chi connectivity index (χ0n) is 14.3. The van der Waals surface area contributed by atoms with Gasteiger partial charge in [0.15, 0.2) is 5.96 Å². The van der Waals surface area contributed by atoms with Crippen LogP contribution in [0.1, 0.15) is 45.4 Å². The van der Waals surface area contributed by atoms with Crippen molar-refractivity contribution in [2.75, 3.05) is 33.8 Å². The number of hydrogen-bond acceptors (Lipinski definition) is 3. The maximum atomic E-state index is 11.6. The largest absolute Gasteiger partial charge is 0.469 e. The molecule has 0 spiro atoms. The number of likely N-dealkylation sites (tertiary alicyclic amines) is 1. The van der Waals surface area contributed by atoms with Crippen LogP contribution in [0.3, 0.4) is 0 Å². The van der Waals surface area contributed by atoms with Gasteiger partial charge < -0.3 is 15.0 Å². The molecule has 1 saturated heterocycles. The Morgan fingerprint density at radius 2 is 1.91 bits per heavy atom. The first-order chi connectivity index (χ1) is 10.7. The Hall–Kier alpha value is -1.26. The fourth-order valence-electron chi connectivity index (χ4n) is 3.74. The molecule has 0 aromatic rings. The Kier molecular flexibility index (Phi) is 6.52. The highest BCUT2D eigenvalue weighted by Gasteiger charge is 2.27.